The summed E-state index contributed by atoms with van der Waals surface area (Å²) in [5, 5.41) is 8.11. The average molecular weight is 897 g/mol. The van der Waals surface area contributed by atoms with Gasteiger partial charge in [-0.2, -0.15) is 0 Å². The highest BCUT2D eigenvalue weighted by Gasteiger charge is 2.54. The Hall–Kier alpha value is -4.84. The summed E-state index contributed by atoms with van der Waals surface area (Å²) < 4.78 is 16.2. The molecule has 1 aromatic carbocycles. The Labute approximate surface area is 377 Å². The second-order valence-corrected chi connectivity index (χ2v) is 20.6. The highest BCUT2D eigenvalue weighted by Crippen LogP contribution is 2.57. The zero-order valence-electron chi connectivity index (χ0n) is 37.4. The summed E-state index contributed by atoms with van der Waals surface area (Å²) in [6.07, 6.45) is 2.33. The summed E-state index contributed by atoms with van der Waals surface area (Å²) in [5.41, 5.74) is 6.20. The van der Waals surface area contributed by atoms with Gasteiger partial charge in [0.05, 0.1) is 35.2 Å². The number of likely N-dealkylation sites (N-methyl/N-ethyl adjacent to an activating group) is 1. The molecule has 4 aromatic rings. The zero-order valence-corrected chi connectivity index (χ0v) is 39.1. The lowest BCUT2D eigenvalue weighted by molar-refractivity contribution is -0.676. The van der Waals surface area contributed by atoms with Crippen LogP contribution in [-0.4, -0.2) is 141 Å². The number of fused-ring (bicyclic) bond motifs is 8. The standard InChI is InChI=1S/C46H57N9O6S2/c1-9-53-32-15-14-27-18-29(32)35-36(40(60-8)37-28(39(35)53)12-10-16-47-37)45(4,5)25-61-43(58)33-13-11-17-54(55(33)62)42(57)30(19-34-48-31(27)20-63-34)49-41(56)38(26(2)3)51(7)44(59)52-23-46(24-52)21-50(6)22-46/h10,12,14-16,18,20,26,30,33,36,38,40H,9,11,13,17,19,21-25H2,1-8H3/p+1/t30-,33-,36?,38?,40?/m0/s1. The number of pyridine rings is 1. The molecule has 6 bridgehead atoms. The van der Waals surface area contributed by atoms with Gasteiger partial charge in [0, 0.05) is 110 Å². The van der Waals surface area contributed by atoms with E-state index >= 15 is 0 Å². The van der Waals surface area contributed by atoms with Gasteiger partial charge in [0.2, 0.25) is 5.91 Å². The van der Waals surface area contributed by atoms with Crippen LogP contribution in [-0.2, 0) is 49.2 Å². The number of aromatic nitrogens is 3. The van der Waals surface area contributed by atoms with Gasteiger partial charge in [0.25, 0.3) is 18.5 Å². The molecule has 1 spiro atoms. The predicted octanol–water partition coefficient (Wildman–Crippen LogP) is 5.21. The van der Waals surface area contributed by atoms with Gasteiger partial charge in [-0.3, -0.25) is 14.6 Å². The summed E-state index contributed by atoms with van der Waals surface area (Å²) in [5.74, 6) is -1.96. The van der Waals surface area contributed by atoms with Gasteiger partial charge in [-0.15, -0.1) is 16.3 Å². The number of carbonyl (C=O) groups is 4. The Bertz CT molecular complexity index is 2500. The minimum absolute atomic E-state index is 0.0521. The SMILES string of the molecule is CCn1c2c3c4cc(ccc41)-c1csc(n1)C[C@H](NC(=O)C(C(C)C)N(C)C(=O)N1CC4(CN(C)C4)C1)C(=O)N1CCC[C@@H](C(=O)OCC(C)(C)C3C(OC)c3ncccc3-2)[N+]1=S. The summed E-state index contributed by atoms with van der Waals surface area (Å²) in [7, 11) is 5.44. The first-order valence-electron chi connectivity index (χ1n) is 22.1. The molecule has 0 saturated carbocycles. The van der Waals surface area contributed by atoms with E-state index < -0.39 is 47.4 Å². The molecule has 1 aliphatic carbocycles. The third-order valence-corrected chi connectivity index (χ3v) is 15.3. The van der Waals surface area contributed by atoms with Crippen molar-refractivity contribution in [1.82, 2.24) is 39.6 Å². The number of carbonyl (C=O) groups excluding carboxylic acids is 4. The van der Waals surface area contributed by atoms with Crippen LogP contribution in [0.1, 0.15) is 75.7 Å². The van der Waals surface area contributed by atoms with Crippen LogP contribution in [0, 0.1) is 16.7 Å². The van der Waals surface area contributed by atoms with Crippen molar-refractivity contribution in [2.24, 2.45) is 16.7 Å². The van der Waals surface area contributed by atoms with Crippen LogP contribution in [0.2, 0.25) is 0 Å². The van der Waals surface area contributed by atoms with Crippen molar-refractivity contribution in [1.29, 1.82) is 0 Å². The van der Waals surface area contributed by atoms with Crippen molar-refractivity contribution in [2.75, 3.05) is 60.5 Å². The smallest absolute Gasteiger partial charge is 0.379 e. The quantitative estimate of drug-likeness (QED) is 0.202. The number of likely N-dealkylation sites (tertiary alicyclic amines) is 2. The van der Waals surface area contributed by atoms with Crippen LogP contribution in [0.25, 0.3) is 33.4 Å². The number of urea groups is 1. The molecule has 4 amide bonds. The fourth-order valence-corrected chi connectivity index (χ4v) is 12.4. The van der Waals surface area contributed by atoms with Crippen molar-refractivity contribution in [3.8, 4) is 22.5 Å². The predicted molar refractivity (Wildman–Crippen MR) is 240 cm³/mol. The number of rotatable bonds is 6. The molecule has 3 fully saturated rings. The van der Waals surface area contributed by atoms with E-state index in [0.717, 1.165) is 57.8 Å². The van der Waals surface area contributed by atoms with Crippen molar-refractivity contribution in [3.63, 3.8) is 0 Å². The Morgan fingerprint density at radius 1 is 1.16 bits per heavy atom. The number of ether oxygens (including phenoxy) is 2. The first-order chi connectivity index (χ1) is 30.1. The first kappa shape index (κ1) is 43.4. The highest BCUT2D eigenvalue weighted by molar-refractivity contribution is 7.44. The van der Waals surface area contributed by atoms with Crippen LogP contribution in [0.4, 0.5) is 4.79 Å². The molecule has 15 nitrogen and oxygen atoms in total. The maximum Gasteiger partial charge on any atom is 0.379 e. The third-order valence-electron chi connectivity index (χ3n) is 14.0. The maximum absolute atomic E-state index is 14.8. The van der Waals surface area contributed by atoms with Gasteiger partial charge < -0.3 is 34.1 Å². The molecule has 17 heteroatoms. The molecule has 5 atom stereocenters. The minimum Gasteiger partial charge on any atom is -0.460 e. The lowest BCUT2D eigenvalue weighted by Crippen LogP contribution is -2.73. The van der Waals surface area contributed by atoms with Gasteiger partial charge >= 0.3 is 17.9 Å². The Morgan fingerprint density at radius 2 is 1.92 bits per heavy atom. The van der Waals surface area contributed by atoms with Crippen LogP contribution in [0.15, 0.2) is 41.9 Å². The van der Waals surface area contributed by atoms with E-state index in [4.69, 9.17) is 31.9 Å². The third kappa shape index (κ3) is 7.32. The number of hydrogen-bond donors (Lipinski definition) is 1. The topological polar surface area (TPSA) is 145 Å². The molecule has 5 aliphatic rings. The normalized spacial score (nSPS) is 24.6. The van der Waals surface area contributed by atoms with E-state index in [1.54, 1.807) is 25.3 Å². The van der Waals surface area contributed by atoms with Gasteiger partial charge in [-0.25, -0.2) is 14.6 Å². The van der Waals surface area contributed by atoms with Crippen LogP contribution < -0.4 is 5.32 Å². The lowest BCUT2D eigenvalue weighted by Gasteiger charge is -2.60. The number of nitrogens with one attached hydrogen (secondary N) is 1. The molecule has 334 valence electrons. The second kappa shape index (κ2) is 16.3. The molecule has 0 radical (unpaired) electrons. The monoisotopic (exact) mass is 896 g/mol. The number of cyclic esters (lactones) is 1. The number of methoxy groups -OCH3 is 1. The van der Waals surface area contributed by atoms with E-state index in [1.165, 1.54) is 25.3 Å². The molecule has 3 aromatic heterocycles. The second-order valence-electron chi connectivity index (χ2n) is 19.3. The van der Waals surface area contributed by atoms with Crippen molar-refractivity contribution in [3.05, 3.63) is 58.2 Å². The summed E-state index contributed by atoms with van der Waals surface area (Å²) in [4.78, 5) is 72.8. The largest absolute Gasteiger partial charge is 0.460 e. The molecule has 3 unspecified atom stereocenters. The molecule has 7 heterocycles. The lowest BCUT2D eigenvalue weighted by atomic mass is 9.67. The molecule has 4 aliphatic heterocycles. The molecular weight excluding hydrogens is 839 g/mol. The first-order valence-corrected chi connectivity index (χ1v) is 23.3. The highest BCUT2D eigenvalue weighted by atomic mass is 32.1. The van der Waals surface area contributed by atoms with Crippen LogP contribution in [0.5, 0.6) is 0 Å². The molecule has 3 saturated heterocycles. The fourth-order valence-electron chi connectivity index (χ4n) is 11.2. The number of nitrogens with zero attached hydrogens (tertiary/aromatic N) is 8. The number of benzene rings is 1. The minimum atomic E-state index is -1.09. The Kier molecular flexibility index (Phi) is 11.2. The molecule has 63 heavy (non-hydrogen) atoms. The number of thiazole rings is 1. The van der Waals surface area contributed by atoms with Gasteiger partial charge in [-0.1, -0.05) is 33.8 Å². The average Bonchev–Trinajstić information content (AvgIpc) is 3.84. The number of amides is 4. The summed E-state index contributed by atoms with van der Waals surface area (Å²) in [6, 6.07) is 7.39. The van der Waals surface area contributed by atoms with Crippen molar-refractivity contribution < 1.29 is 32.7 Å². The van der Waals surface area contributed by atoms with Crippen molar-refractivity contribution in [2.45, 2.75) is 90.6 Å². The van der Waals surface area contributed by atoms with Gasteiger partial charge in [-0.05, 0) is 60.2 Å². The molecule has 9 rings (SSSR count). The van der Waals surface area contributed by atoms with Gasteiger partial charge in [0.15, 0.2) is 0 Å². The van der Waals surface area contributed by atoms with E-state index in [2.05, 4.69) is 66.9 Å². The Balaban J connectivity index is 1.10. The summed E-state index contributed by atoms with van der Waals surface area (Å²) in [6.45, 7) is 14.4. The van der Waals surface area contributed by atoms with E-state index in [-0.39, 0.29) is 42.9 Å². The Morgan fingerprint density at radius 3 is 2.62 bits per heavy atom. The van der Waals surface area contributed by atoms with E-state index in [0.29, 0.717) is 37.5 Å². The zero-order chi connectivity index (χ0) is 44.7. The maximum atomic E-state index is 14.8. The van der Waals surface area contributed by atoms with Crippen LogP contribution >= 0.6 is 11.3 Å². The van der Waals surface area contributed by atoms with Crippen molar-refractivity contribution >= 4 is 58.5 Å². The summed E-state index contributed by atoms with van der Waals surface area (Å²) >= 11 is 7.31. The van der Waals surface area contributed by atoms with E-state index in [9.17, 15) is 19.2 Å². The van der Waals surface area contributed by atoms with Crippen LogP contribution in [0.3, 0.4) is 0 Å². The fraction of sp³-hybridized carbons (Fsp3) is 0.565. The van der Waals surface area contributed by atoms with E-state index in [1.807, 2.05) is 25.3 Å². The number of hydrogen-bond acceptors (Lipinski definition) is 11. The number of aryl methyl sites for hydroxylation is 1. The number of hydrazine groups is 1. The molecule has 1 N–H and O–H groups in total. The molecular formula is C46H58N9O6S2+. The number of esters is 1. The van der Waals surface area contributed by atoms with Gasteiger partial charge in [0.1, 0.15) is 18.2 Å².